The predicted octanol–water partition coefficient (Wildman–Crippen LogP) is 21.0. The topological polar surface area (TPSA) is 364 Å². The van der Waals surface area contributed by atoms with E-state index in [1.54, 1.807) is 6.92 Å². The van der Waals surface area contributed by atoms with Crippen molar-refractivity contribution in [1.82, 2.24) is 0 Å². The van der Waals surface area contributed by atoms with E-state index in [0.29, 0.717) is 101 Å². The molecule has 0 bridgehead atoms. The van der Waals surface area contributed by atoms with Crippen molar-refractivity contribution in [2.45, 2.75) is 422 Å². The highest BCUT2D eigenvalue weighted by molar-refractivity contribution is 5.76. The largest absolute Gasteiger partial charge is 0.462 e. The number of aliphatic hydroxyl groups excluding tert-OH is 5. The number of carbonyl (C=O) groups excluding carboxylic acids is 10. The van der Waals surface area contributed by atoms with Crippen molar-refractivity contribution < 1.29 is 158 Å². The molecular formula is C120H180O25. The van der Waals surface area contributed by atoms with Gasteiger partial charge in [-0.1, -0.05) is 229 Å². The number of hydrogen-bond donors (Lipinski definition) is 5. The monoisotopic (exact) mass is 2050 g/mol. The second kappa shape index (κ2) is 55.1. The van der Waals surface area contributed by atoms with Crippen molar-refractivity contribution >= 4 is 59.7 Å². The van der Waals surface area contributed by atoms with E-state index < -0.39 is 187 Å². The van der Waals surface area contributed by atoms with Crippen molar-refractivity contribution in [2.24, 2.45) is 148 Å². The van der Waals surface area contributed by atoms with Gasteiger partial charge in [-0.15, -0.1) is 0 Å². The molecule has 0 amide bonds. The number of rotatable bonds is 34. The van der Waals surface area contributed by atoms with Gasteiger partial charge in [-0.25, -0.2) is 0 Å². The zero-order valence-electron chi connectivity index (χ0n) is 118. The van der Waals surface area contributed by atoms with Gasteiger partial charge in [0.25, 0.3) is 0 Å². The molecular weight excluding hydrogens is 1840 g/mol. The zero-order valence-corrected chi connectivity index (χ0v) is 86.8. The average molecular weight is 2050 g/mol. The lowest BCUT2D eigenvalue weighted by Crippen LogP contribution is -2.42. The van der Waals surface area contributed by atoms with Crippen LogP contribution in [0.15, 0.2) is 119 Å². The Labute approximate surface area is 909 Å². The van der Waals surface area contributed by atoms with E-state index in [4.69, 9.17) is 90.1 Å². The van der Waals surface area contributed by atoms with E-state index in [2.05, 4.69) is 116 Å². The van der Waals surface area contributed by atoms with Gasteiger partial charge in [0.1, 0.15) is 61.0 Å². The van der Waals surface area contributed by atoms with Gasteiger partial charge in [-0.05, 0) is 245 Å². The molecule has 15 aliphatic rings. The minimum atomic E-state index is -3.75. The maximum absolute atomic E-state index is 13.4. The van der Waals surface area contributed by atoms with Crippen LogP contribution in [-0.4, -0.2) is 183 Å². The molecule has 0 radical (unpaired) electrons. The molecule has 810 valence electrons. The highest BCUT2D eigenvalue weighted by Gasteiger charge is 2.50. The predicted molar refractivity (Wildman–Crippen MR) is 554 cm³/mol. The maximum Gasteiger partial charge on any atom is 0.308 e. The highest BCUT2D eigenvalue weighted by Crippen LogP contribution is 2.53. The van der Waals surface area contributed by atoms with Gasteiger partial charge >= 0.3 is 59.7 Å². The van der Waals surface area contributed by atoms with Gasteiger partial charge in [-0.3, -0.25) is 47.9 Å². The van der Waals surface area contributed by atoms with Crippen molar-refractivity contribution in [3.05, 3.63) is 119 Å². The van der Waals surface area contributed by atoms with Crippen LogP contribution in [0.1, 0.15) is 367 Å². The quantitative estimate of drug-likeness (QED) is 0.0295. The van der Waals surface area contributed by atoms with E-state index in [0.717, 1.165) is 54.4 Å². The third-order valence-electron chi connectivity index (χ3n) is 32.3. The molecule has 0 aromatic heterocycles. The highest BCUT2D eigenvalue weighted by atomic mass is 16.6. The number of esters is 10. The van der Waals surface area contributed by atoms with Crippen LogP contribution in [0.3, 0.4) is 0 Å². The fourth-order valence-electron chi connectivity index (χ4n) is 24.6. The first-order valence-corrected chi connectivity index (χ1v) is 53.3. The smallest absolute Gasteiger partial charge is 0.308 e. The Morgan fingerprint density at radius 3 is 0.848 bits per heavy atom. The van der Waals surface area contributed by atoms with Crippen LogP contribution < -0.4 is 0 Å². The van der Waals surface area contributed by atoms with E-state index >= 15 is 0 Å². The number of aliphatic hydroxyl groups is 5. The Balaban J connectivity index is 0.000000205. The van der Waals surface area contributed by atoms with Crippen LogP contribution >= 0.6 is 0 Å². The summed E-state index contributed by atoms with van der Waals surface area (Å²) in [4.78, 5) is 124. The van der Waals surface area contributed by atoms with E-state index in [1.807, 2.05) is 78.8 Å². The molecule has 40 atom stereocenters. The van der Waals surface area contributed by atoms with Gasteiger partial charge < -0.3 is 72.9 Å². The van der Waals surface area contributed by atoms with Crippen LogP contribution in [0, 0.1) is 148 Å². The lowest BCUT2D eigenvalue weighted by atomic mass is 9.65. The summed E-state index contributed by atoms with van der Waals surface area (Å²) in [7, 11) is 0. The Hall–Kier alpha value is -8.10. The molecule has 5 heterocycles. The molecule has 0 spiro atoms. The third kappa shape index (κ3) is 33.0. The van der Waals surface area contributed by atoms with Crippen molar-refractivity contribution in [2.75, 3.05) is 0 Å². The number of hydrogen-bond acceptors (Lipinski definition) is 25. The summed E-state index contributed by atoms with van der Waals surface area (Å²) in [5.74, 6) is -15.5. The summed E-state index contributed by atoms with van der Waals surface area (Å²) >= 11 is 0. The van der Waals surface area contributed by atoms with Crippen LogP contribution in [0.5, 0.6) is 0 Å². The molecule has 145 heavy (non-hydrogen) atoms. The summed E-state index contributed by atoms with van der Waals surface area (Å²) in [6.45, 7) is 8.15. The summed E-state index contributed by atoms with van der Waals surface area (Å²) in [6, 6.07) is 0. The van der Waals surface area contributed by atoms with Crippen molar-refractivity contribution in [3.8, 4) is 0 Å². The molecule has 15 rings (SSSR count). The van der Waals surface area contributed by atoms with Gasteiger partial charge in [-0.2, -0.15) is 0 Å². The van der Waals surface area contributed by atoms with Crippen molar-refractivity contribution in [3.63, 3.8) is 0 Å². The second-order valence-electron chi connectivity index (χ2n) is 44.0. The Morgan fingerprint density at radius 2 is 0.593 bits per heavy atom. The number of fused-ring (bicyclic) bond motifs is 5. The van der Waals surface area contributed by atoms with Gasteiger partial charge in [0.2, 0.25) is 5.72 Å². The van der Waals surface area contributed by atoms with Gasteiger partial charge in [0.05, 0.1) is 92.1 Å². The molecule has 10 aliphatic carbocycles. The Morgan fingerprint density at radius 1 is 0.345 bits per heavy atom. The average Bonchev–Trinajstić information content (AvgIpc) is 0.720. The van der Waals surface area contributed by atoms with Crippen LogP contribution in [0.25, 0.3) is 0 Å². The van der Waals surface area contributed by atoms with E-state index in [1.165, 1.54) is 12.5 Å². The zero-order chi connectivity index (χ0) is 132. The second-order valence-corrected chi connectivity index (χ2v) is 44.0. The fraction of sp³-hybridized carbons (Fsp3) is 0.750. The Bertz CT molecular complexity index is 5930. The number of carbonyl (C=O) groups is 10. The molecule has 0 saturated carbocycles. The lowest BCUT2D eigenvalue weighted by molar-refractivity contribution is -0.162. The minimum Gasteiger partial charge on any atom is -0.462 e. The fourth-order valence-corrected chi connectivity index (χ4v) is 24.6. The molecule has 5 N–H and O–H groups in total. The summed E-state index contributed by atoms with van der Waals surface area (Å²) < 4.78 is 294. The van der Waals surface area contributed by atoms with E-state index in [-0.39, 0.29) is 212 Å². The first-order chi connectivity index (χ1) is 81.6. The standard InChI is InChI=1S/5C24H36O5/c5*1-5-15(3)24(27)29-21-11-14(2)10-17-7-6-16(4)20(23(17)21)9-8-19-12-18(25)13-22(26)28-19/h5*6-7,10,14-16,18-21,23,25H,5,8-9,11-13H2,1-4H3/t5*14-,15-,16-,18+,19?,20-,21-,23-/m00000/s1/i1D3,3D3,5D2,13D2,15D;1D3,3D3,5D2,25D;1D3,5D2,25D;3D3,25D;25D. The number of allylic oxidation sites excluding steroid dienone is 15. The first kappa shape index (κ1) is 79.9. The molecule has 5 aliphatic heterocycles. The molecule has 25 heteroatoms. The van der Waals surface area contributed by atoms with Gasteiger partial charge in [0.15, 0.2) is 0 Å². The minimum absolute atomic E-state index is 0.0161. The summed E-state index contributed by atoms with van der Waals surface area (Å²) in [6.07, 6.45) is 22.9. The molecule has 5 unspecified atom stereocenters. The van der Waals surface area contributed by atoms with Crippen LogP contribution in [0.4, 0.5) is 0 Å². The lowest BCUT2D eigenvalue weighted by Gasteiger charge is -2.43. The number of cyclic esters (lactones) is 5. The normalized spacial score (nSPS) is 42.4. The summed E-state index contributed by atoms with van der Waals surface area (Å²) in [5, 5.41) is 28.7. The molecule has 5 fully saturated rings. The molecule has 0 aromatic carbocycles. The van der Waals surface area contributed by atoms with Crippen LogP contribution in [-0.2, 0) is 95.3 Å². The van der Waals surface area contributed by atoms with E-state index in [9.17, 15) is 53.1 Å². The SMILES string of the molecule is [2H]C1([2H])C(=O)OC(CC[C@@H]2[C@@H]3C(=C[C@H](C)C[C@@H]3OC(=O)[C@@]([2H])(C([2H])([2H])[2H])C([2H])([2H])C([2H])([2H])[2H])C=C[C@@H]2C)C[C@H]1O.[2H]O[C@H]1CC(=O)OC(CC[C@@H]2[C@@H]3C(=C[C@H](C)C[C@@H]3OC(=O)[C@@H](C([2H])([2H])[2H])C([2H])([2H])C([2H])([2H])[2H])C=C[C@@H]2C)C1.[2H]O[C@H]1CC(=O)OC(CC[C@@H]2[C@@H]3C(=C[C@H](C)C[C@@H]3OC(=O)[C@@H](C)C([2H])([2H])C([2H])([2H])[2H])C=C[C@@H]2C)C1.[2H]O[C@H]1CC(=O)OC(CC[C@@H]2[C@@H]3C(=C[C@H](C)C[C@@H]3OC(=O)[C@@H](C)CC)C=C[C@@H]2C)C1.[2H]O[C@H]1CC(=O)OC(CC[C@@H]2[C@@H]3C(=C[C@H](C)C[C@@H]3OC(=O)[C@H](CC)C([2H])([2H])[2H])C=C[C@@H]2C)C1. The Kier molecular flexibility index (Phi) is 30.3. The molecule has 0 aromatic rings. The van der Waals surface area contributed by atoms with Gasteiger partial charge in [0, 0.05) is 98.7 Å². The summed E-state index contributed by atoms with van der Waals surface area (Å²) in [5.41, 5.74) is 5.17. The number of ether oxygens (including phenoxy) is 10. The molecule has 25 nitrogen and oxygen atoms in total. The van der Waals surface area contributed by atoms with Crippen LogP contribution in [0.2, 0.25) is 0 Å². The molecule has 5 saturated heterocycles. The first-order valence-electron chi connectivity index (χ1n) is 68.4. The van der Waals surface area contributed by atoms with Crippen molar-refractivity contribution in [1.29, 1.82) is 5.72 Å². The third-order valence-corrected chi connectivity index (χ3v) is 32.3. The maximum atomic E-state index is 13.4.